The third-order valence-corrected chi connectivity index (χ3v) is 6.07. The zero-order valence-electron chi connectivity index (χ0n) is 12.6. The van der Waals surface area contributed by atoms with Crippen LogP contribution in [0.5, 0.6) is 0 Å². The molecule has 0 aliphatic carbocycles. The Morgan fingerprint density at radius 3 is 2.43 bits per heavy atom. The van der Waals surface area contributed by atoms with Gasteiger partial charge in [0, 0.05) is 25.2 Å². The van der Waals surface area contributed by atoms with E-state index in [0.29, 0.717) is 12.6 Å². The first-order valence-electron chi connectivity index (χ1n) is 7.80. The number of hydrogen-bond donors (Lipinski definition) is 0. The summed E-state index contributed by atoms with van der Waals surface area (Å²) in [5.41, 5.74) is 1.31. The Morgan fingerprint density at radius 2 is 1.71 bits per heavy atom. The molecular weight excluding hydrogens is 284 g/mol. The SMILES string of the molecule is CS(=O)(=O)N1CCCC1C1CCCN1Cc1ccccc1. The van der Waals surface area contributed by atoms with E-state index in [1.54, 1.807) is 4.31 Å². The maximum atomic E-state index is 12.0. The summed E-state index contributed by atoms with van der Waals surface area (Å²) in [4.78, 5) is 2.48. The summed E-state index contributed by atoms with van der Waals surface area (Å²) < 4.78 is 25.7. The van der Waals surface area contributed by atoms with E-state index in [-0.39, 0.29) is 6.04 Å². The van der Waals surface area contributed by atoms with E-state index in [9.17, 15) is 8.42 Å². The normalized spacial score (nSPS) is 28.2. The van der Waals surface area contributed by atoms with Crippen molar-refractivity contribution in [3.8, 4) is 0 Å². The largest absolute Gasteiger partial charge is 0.295 e. The molecule has 2 aliphatic heterocycles. The first-order valence-corrected chi connectivity index (χ1v) is 9.65. The van der Waals surface area contributed by atoms with Crippen molar-refractivity contribution in [1.29, 1.82) is 0 Å². The van der Waals surface area contributed by atoms with Gasteiger partial charge >= 0.3 is 0 Å². The monoisotopic (exact) mass is 308 g/mol. The molecule has 4 nitrogen and oxygen atoms in total. The van der Waals surface area contributed by atoms with E-state index in [1.165, 1.54) is 18.2 Å². The van der Waals surface area contributed by atoms with Gasteiger partial charge in [-0.1, -0.05) is 30.3 Å². The Bertz CT molecular complexity index is 573. The van der Waals surface area contributed by atoms with Gasteiger partial charge in [0.05, 0.1) is 6.26 Å². The highest BCUT2D eigenvalue weighted by Gasteiger charge is 2.41. The summed E-state index contributed by atoms with van der Waals surface area (Å²) in [6.07, 6.45) is 5.63. The number of benzene rings is 1. The van der Waals surface area contributed by atoms with Crippen molar-refractivity contribution in [1.82, 2.24) is 9.21 Å². The third-order valence-electron chi connectivity index (χ3n) is 4.76. The molecule has 0 N–H and O–H groups in total. The zero-order valence-corrected chi connectivity index (χ0v) is 13.4. The number of rotatable bonds is 4. The first-order chi connectivity index (χ1) is 10.1. The summed E-state index contributed by atoms with van der Waals surface area (Å²) in [5.74, 6) is 0. The Morgan fingerprint density at radius 1 is 1.05 bits per heavy atom. The van der Waals surface area contributed by atoms with Gasteiger partial charge in [-0.15, -0.1) is 0 Å². The summed E-state index contributed by atoms with van der Waals surface area (Å²) >= 11 is 0. The van der Waals surface area contributed by atoms with E-state index in [0.717, 1.165) is 32.4 Å². The highest BCUT2D eigenvalue weighted by atomic mass is 32.2. The van der Waals surface area contributed by atoms with Crippen molar-refractivity contribution >= 4 is 10.0 Å². The first kappa shape index (κ1) is 15.0. The molecule has 2 saturated heterocycles. The van der Waals surface area contributed by atoms with E-state index in [1.807, 2.05) is 6.07 Å². The summed E-state index contributed by atoms with van der Waals surface area (Å²) in [7, 11) is -3.08. The quantitative estimate of drug-likeness (QED) is 0.855. The molecule has 0 spiro atoms. The number of likely N-dealkylation sites (tertiary alicyclic amines) is 1. The summed E-state index contributed by atoms with van der Waals surface area (Å²) in [6, 6.07) is 11.0. The van der Waals surface area contributed by atoms with Crippen LogP contribution in [0.3, 0.4) is 0 Å². The van der Waals surface area contributed by atoms with Crippen LogP contribution in [0.1, 0.15) is 31.2 Å². The third kappa shape index (κ3) is 3.30. The van der Waals surface area contributed by atoms with Crippen LogP contribution in [0, 0.1) is 0 Å². The minimum atomic E-state index is -3.08. The molecule has 0 saturated carbocycles. The molecule has 0 amide bonds. The van der Waals surface area contributed by atoms with Crippen LogP contribution in [-0.2, 0) is 16.6 Å². The average molecular weight is 308 g/mol. The topological polar surface area (TPSA) is 40.6 Å². The number of hydrogen-bond acceptors (Lipinski definition) is 3. The Balaban J connectivity index is 1.75. The van der Waals surface area contributed by atoms with Crippen LogP contribution >= 0.6 is 0 Å². The second-order valence-corrected chi connectivity index (χ2v) is 8.18. The van der Waals surface area contributed by atoms with Gasteiger partial charge in [-0.05, 0) is 37.8 Å². The molecule has 0 radical (unpaired) electrons. The summed E-state index contributed by atoms with van der Waals surface area (Å²) in [6.45, 7) is 2.70. The van der Waals surface area contributed by atoms with Crippen LogP contribution in [0.15, 0.2) is 30.3 Å². The molecule has 2 fully saturated rings. The van der Waals surface area contributed by atoms with Gasteiger partial charge in [0.2, 0.25) is 10.0 Å². The molecule has 1 aromatic rings. The predicted molar refractivity (Wildman–Crippen MR) is 84.4 cm³/mol. The molecule has 0 aromatic heterocycles. The lowest BCUT2D eigenvalue weighted by Crippen LogP contribution is -2.47. The van der Waals surface area contributed by atoms with Crippen molar-refractivity contribution in [2.24, 2.45) is 0 Å². The molecule has 3 rings (SSSR count). The predicted octanol–water partition coefficient (Wildman–Crippen LogP) is 2.07. The molecule has 2 atom stereocenters. The van der Waals surface area contributed by atoms with Crippen molar-refractivity contribution in [3.05, 3.63) is 35.9 Å². The molecule has 0 bridgehead atoms. The van der Waals surface area contributed by atoms with E-state index >= 15 is 0 Å². The van der Waals surface area contributed by atoms with Crippen LogP contribution in [0.25, 0.3) is 0 Å². The van der Waals surface area contributed by atoms with E-state index in [4.69, 9.17) is 0 Å². The van der Waals surface area contributed by atoms with Gasteiger partial charge in [-0.25, -0.2) is 8.42 Å². The van der Waals surface area contributed by atoms with Gasteiger partial charge in [0.1, 0.15) is 0 Å². The standard InChI is InChI=1S/C16H24N2O2S/c1-21(19,20)18-12-6-10-16(18)15-9-5-11-17(15)13-14-7-3-2-4-8-14/h2-4,7-8,15-16H,5-6,9-13H2,1H3. The second-order valence-electron chi connectivity index (χ2n) is 6.25. The average Bonchev–Trinajstić information content (AvgIpc) is 3.07. The lowest BCUT2D eigenvalue weighted by Gasteiger charge is -2.33. The van der Waals surface area contributed by atoms with Crippen LogP contribution in [-0.4, -0.2) is 49.1 Å². The van der Waals surface area contributed by atoms with Gasteiger partial charge in [-0.2, -0.15) is 4.31 Å². The molecule has 116 valence electrons. The van der Waals surface area contributed by atoms with Gasteiger partial charge in [0.25, 0.3) is 0 Å². The molecule has 2 aliphatic rings. The lowest BCUT2D eigenvalue weighted by atomic mass is 10.0. The fourth-order valence-corrected chi connectivity index (χ4v) is 5.06. The van der Waals surface area contributed by atoms with Crippen molar-refractivity contribution in [2.45, 2.75) is 44.3 Å². The minimum absolute atomic E-state index is 0.172. The van der Waals surface area contributed by atoms with Crippen LogP contribution in [0.2, 0.25) is 0 Å². The maximum Gasteiger partial charge on any atom is 0.211 e. The van der Waals surface area contributed by atoms with Crippen molar-refractivity contribution in [3.63, 3.8) is 0 Å². The molecule has 1 aromatic carbocycles. The highest BCUT2D eigenvalue weighted by molar-refractivity contribution is 7.88. The van der Waals surface area contributed by atoms with E-state index in [2.05, 4.69) is 29.2 Å². The fraction of sp³-hybridized carbons (Fsp3) is 0.625. The highest BCUT2D eigenvalue weighted by Crippen LogP contribution is 2.32. The Hall–Kier alpha value is -0.910. The molecule has 5 heteroatoms. The van der Waals surface area contributed by atoms with Crippen molar-refractivity contribution < 1.29 is 8.42 Å². The zero-order chi connectivity index (χ0) is 14.9. The van der Waals surface area contributed by atoms with Gasteiger partial charge < -0.3 is 0 Å². The molecule has 2 heterocycles. The molecule has 2 unspecified atom stereocenters. The second kappa shape index (κ2) is 6.07. The molecule has 21 heavy (non-hydrogen) atoms. The van der Waals surface area contributed by atoms with Crippen molar-refractivity contribution in [2.75, 3.05) is 19.3 Å². The van der Waals surface area contributed by atoms with Gasteiger partial charge in [0.15, 0.2) is 0 Å². The van der Waals surface area contributed by atoms with E-state index < -0.39 is 10.0 Å². The Kier molecular flexibility index (Phi) is 4.33. The molecular formula is C16H24N2O2S. The van der Waals surface area contributed by atoms with Crippen LogP contribution < -0.4 is 0 Å². The summed E-state index contributed by atoms with van der Waals surface area (Å²) in [5, 5.41) is 0. The number of nitrogens with zero attached hydrogens (tertiary/aromatic N) is 2. The van der Waals surface area contributed by atoms with Gasteiger partial charge in [-0.3, -0.25) is 4.90 Å². The lowest BCUT2D eigenvalue weighted by molar-refractivity contribution is 0.173. The minimum Gasteiger partial charge on any atom is -0.295 e. The Labute approximate surface area is 127 Å². The fourth-order valence-electron chi connectivity index (χ4n) is 3.86. The smallest absolute Gasteiger partial charge is 0.211 e. The maximum absolute atomic E-state index is 12.0. The van der Waals surface area contributed by atoms with Crippen LogP contribution in [0.4, 0.5) is 0 Å². The number of sulfonamides is 1.